The Morgan fingerprint density at radius 3 is 2.71 bits per heavy atom. The fraction of sp³-hybridized carbons (Fsp3) is 0.800. The van der Waals surface area contributed by atoms with Crippen molar-refractivity contribution in [2.45, 2.75) is 32.6 Å². The zero-order valence-electron chi connectivity index (χ0n) is 8.62. The van der Waals surface area contributed by atoms with E-state index in [1.807, 2.05) is 13.0 Å². The molecule has 14 heavy (non-hydrogen) atoms. The van der Waals surface area contributed by atoms with Crippen LogP contribution in [0.2, 0.25) is 0 Å². The Morgan fingerprint density at radius 1 is 1.50 bits per heavy atom. The van der Waals surface area contributed by atoms with Crippen molar-refractivity contribution >= 4 is 5.91 Å². The molecule has 0 rings (SSSR count). The minimum atomic E-state index is -0.521. The van der Waals surface area contributed by atoms with Gasteiger partial charge in [0.15, 0.2) is 0 Å². The number of aliphatic hydroxyl groups excluding tert-OH is 1. The molecule has 4 heteroatoms. The van der Waals surface area contributed by atoms with Gasteiger partial charge in [-0.3, -0.25) is 4.79 Å². The molecule has 0 heterocycles. The second-order valence-electron chi connectivity index (χ2n) is 3.17. The summed E-state index contributed by atoms with van der Waals surface area (Å²) in [7, 11) is 0. The Balaban J connectivity index is 3.49. The molecule has 0 aromatic rings. The van der Waals surface area contributed by atoms with Gasteiger partial charge in [0.05, 0.1) is 6.07 Å². The summed E-state index contributed by atoms with van der Waals surface area (Å²) < 4.78 is 0. The summed E-state index contributed by atoms with van der Waals surface area (Å²) in [5.41, 5.74) is 0. The molecule has 0 aromatic heterocycles. The van der Waals surface area contributed by atoms with Gasteiger partial charge >= 0.3 is 0 Å². The predicted octanol–water partition coefficient (Wildman–Crippen LogP) is 0.815. The molecule has 0 aromatic carbocycles. The van der Waals surface area contributed by atoms with E-state index in [1.54, 1.807) is 0 Å². The SMILES string of the molecule is CCC(C#N)C(=O)NCCCCCO. The zero-order chi connectivity index (χ0) is 10.8. The molecule has 80 valence electrons. The number of aliphatic hydroxyl groups is 1. The summed E-state index contributed by atoms with van der Waals surface area (Å²) in [6.07, 6.45) is 3.08. The van der Waals surface area contributed by atoms with E-state index in [2.05, 4.69) is 5.32 Å². The van der Waals surface area contributed by atoms with E-state index in [4.69, 9.17) is 10.4 Å². The number of nitriles is 1. The Kier molecular flexibility index (Phi) is 7.86. The molecular formula is C10H18N2O2. The van der Waals surface area contributed by atoms with Crippen LogP contribution in [0, 0.1) is 17.2 Å². The van der Waals surface area contributed by atoms with Gasteiger partial charge in [-0.1, -0.05) is 6.92 Å². The molecule has 0 aliphatic heterocycles. The lowest BCUT2D eigenvalue weighted by atomic mass is 10.1. The number of amides is 1. The molecule has 4 nitrogen and oxygen atoms in total. The molecule has 0 aliphatic carbocycles. The highest BCUT2D eigenvalue weighted by Gasteiger charge is 2.13. The van der Waals surface area contributed by atoms with Crippen molar-refractivity contribution in [3.63, 3.8) is 0 Å². The number of rotatable bonds is 7. The van der Waals surface area contributed by atoms with Crippen LogP contribution in [0.25, 0.3) is 0 Å². The van der Waals surface area contributed by atoms with E-state index >= 15 is 0 Å². The lowest BCUT2D eigenvalue weighted by Crippen LogP contribution is -2.30. The second kappa shape index (κ2) is 8.52. The monoisotopic (exact) mass is 198 g/mol. The Bertz CT molecular complexity index is 199. The topological polar surface area (TPSA) is 73.1 Å². The second-order valence-corrected chi connectivity index (χ2v) is 3.17. The van der Waals surface area contributed by atoms with E-state index in [0.717, 1.165) is 19.3 Å². The van der Waals surface area contributed by atoms with Crippen LogP contribution in [0.3, 0.4) is 0 Å². The summed E-state index contributed by atoms with van der Waals surface area (Å²) in [6.45, 7) is 2.61. The summed E-state index contributed by atoms with van der Waals surface area (Å²) in [5, 5.41) is 19.8. The van der Waals surface area contributed by atoms with E-state index in [1.165, 1.54) is 0 Å². The van der Waals surface area contributed by atoms with Crippen LogP contribution >= 0.6 is 0 Å². The highest BCUT2D eigenvalue weighted by Crippen LogP contribution is 2.00. The highest BCUT2D eigenvalue weighted by molar-refractivity contribution is 5.80. The molecule has 0 saturated heterocycles. The Hall–Kier alpha value is -1.08. The van der Waals surface area contributed by atoms with Gasteiger partial charge in [-0.25, -0.2) is 0 Å². The standard InChI is InChI=1S/C10H18N2O2/c1-2-9(8-11)10(14)12-6-4-3-5-7-13/h9,13H,2-7H2,1H3,(H,12,14). The molecular weight excluding hydrogens is 180 g/mol. The first-order valence-corrected chi connectivity index (χ1v) is 5.04. The molecule has 0 spiro atoms. The van der Waals surface area contributed by atoms with Gasteiger partial charge in [-0.05, 0) is 25.7 Å². The normalized spacial score (nSPS) is 11.8. The van der Waals surface area contributed by atoms with Crippen LogP contribution in [0.15, 0.2) is 0 Å². The van der Waals surface area contributed by atoms with Gasteiger partial charge in [-0.15, -0.1) is 0 Å². The van der Waals surface area contributed by atoms with Crippen LogP contribution in [0.1, 0.15) is 32.6 Å². The van der Waals surface area contributed by atoms with E-state index in [0.29, 0.717) is 13.0 Å². The number of unbranched alkanes of at least 4 members (excludes halogenated alkanes) is 2. The maximum Gasteiger partial charge on any atom is 0.237 e. The fourth-order valence-electron chi connectivity index (χ4n) is 1.08. The smallest absolute Gasteiger partial charge is 0.237 e. The summed E-state index contributed by atoms with van der Waals surface area (Å²) >= 11 is 0. The van der Waals surface area contributed by atoms with Gasteiger partial charge in [0, 0.05) is 13.2 Å². The van der Waals surface area contributed by atoms with Gasteiger partial charge in [0.1, 0.15) is 5.92 Å². The number of carbonyl (C=O) groups is 1. The Labute approximate surface area is 84.9 Å². The number of nitrogens with zero attached hydrogens (tertiary/aromatic N) is 1. The molecule has 0 fully saturated rings. The van der Waals surface area contributed by atoms with Crippen LogP contribution < -0.4 is 5.32 Å². The summed E-state index contributed by atoms with van der Waals surface area (Å²) in [6, 6.07) is 1.95. The van der Waals surface area contributed by atoms with E-state index in [-0.39, 0.29) is 12.5 Å². The molecule has 1 unspecified atom stereocenters. The van der Waals surface area contributed by atoms with Crippen molar-refractivity contribution in [3.05, 3.63) is 0 Å². The third kappa shape index (κ3) is 5.55. The maximum atomic E-state index is 11.3. The van der Waals surface area contributed by atoms with Crippen molar-refractivity contribution in [1.29, 1.82) is 5.26 Å². The zero-order valence-corrected chi connectivity index (χ0v) is 8.62. The van der Waals surface area contributed by atoms with E-state index < -0.39 is 5.92 Å². The molecule has 1 amide bonds. The van der Waals surface area contributed by atoms with Crippen molar-refractivity contribution in [2.24, 2.45) is 5.92 Å². The van der Waals surface area contributed by atoms with E-state index in [9.17, 15) is 4.79 Å². The largest absolute Gasteiger partial charge is 0.396 e. The minimum Gasteiger partial charge on any atom is -0.396 e. The third-order valence-electron chi connectivity index (χ3n) is 2.01. The lowest BCUT2D eigenvalue weighted by molar-refractivity contribution is -0.123. The van der Waals surface area contributed by atoms with Crippen molar-refractivity contribution in [3.8, 4) is 6.07 Å². The predicted molar refractivity (Wildman–Crippen MR) is 53.3 cm³/mol. The van der Waals surface area contributed by atoms with Crippen molar-refractivity contribution in [1.82, 2.24) is 5.32 Å². The van der Waals surface area contributed by atoms with Gasteiger partial charge in [0.2, 0.25) is 5.91 Å². The number of hydrogen-bond acceptors (Lipinski definition) is 3. The van der Waals surface area contributed by atoms with Gasteiger partial charge < -0.3 is 10.4 Å². The van der Waals surface area contributed by atoms with Crippen LogP contribution in [-0.4, -0.2) is 24.2 Å². The first-order chi connectivity index (χ1) is 6.76. The number of hydrogen-bond donors (Lipinski definition) is 2. The molecule has 0 radical (unpaired) electrons. The van der Waals surface area contributed by atoms with Crippen molar-refractivity contribution < 1.29 is 9.90 Å². The lowest BCUT2D eigenvalue weighted by Gasteiger charge is -2.07. The van der Waals surface area contributed by atoms with Crippen LogP contribution in [0.4, 0.5) is 0 Å². The Morgan fingerprint density at radius 2 is 2.21 bits per heavy atom. The average molecular weight is 198 g/mol. The van der Waals surface area contributed by atoms with Crippen LogP contribution in [0.5, 0.6) is 0 Å². The molecule has 0 bridgehead atoms. The van der Waals surface area contributed by atoms with Crippen molar-refractivity contribution in [2.75, 3.05) is 13.2 Å². The number of nitrogens with one attached hydrogen (secondary N) is 1. The maximum absolute atomic E-state index is 11.3. The van der Waals surface area contributed by atoms with Gasteiger partial charge in [-0.2, -0.15) is 5.26 Å². The molecule has 2 N–H and O–H groups in total. The number of carbonyl (C=O) groups excluding carboxylic acids is 1. The first-order valence-electron chi connectivity index (χ1n) is 5.04. The van der Waals surface area contributed by atoms with Crippen LogP contribution in [-0.2, 0) is 4.79 Å². The third-order valence-corrected chi connectivity index (χ3v) is 2.01. The summed E-state index contributed by atoms with van der Waals surface area (Å²) in [4.78, 5) is 11.3. The molecule has 0 saturated carbocycles. The summed E-state index contributed by atoms with van der Waals surface area (Å²) in [5.74, 6) is -0.702. The first kappa shape index (κ1) is 12.9. The average Bonchev–Trinajstić information content (AvgIpc) is 2.19. The molecule has 1 atom stereocenters. The van der Waals surface area contributed by atoms with Gasteiger partial charge in [0.25, 0.3) is 0 Å². The quantitative estimate of drug-likeness (QED) is 0.595. The molecule has 0 aliphatic rings. The highest BCUT2D eigenvalue weighted by atomic mass is 16.2. The minimum absolute atomic E-state index is 0.181. The fourth-order valence-corrected chi connectivity index (χ4v) is 1.08.